The van der Waals surface area contributed by atoms with Crippen LogP contribution in [-0.4, -0.2) is 11.5 Å². The number of hydrogen-bond donors (Lipinski definition) is 1. The van der Waals surface area contributed by atoms with Gasteiger partial charge in [0.25, 0.3) is 0 Å². The van der Waals surface area contributed by atoms with Gasteiger partial charge < -0.3 is 9.84 Å². The highest BCUT2D eigenvalue weighted by Crippen LogP contribution is 2.29. The second-order valence-corrected chi connectivity index (χ2v) is 4.55. The predicted molar refractivity (Wildman–Crippen MR) is 68.3 cm³/mol. The number of ether oxygens (including phenoxy) is 1. The Morgan fingerprint density at radius 2 is 1.81 bits per heavy atom. The minimum absolute atomic E-state index is 0.00948. The van der Waals surface area contributed by atoms with Gasteiger partial charge in [-0.15, -0.1) is 13.2 Å². The molecule has 6 heteroatoms. The third-order valence-electron chi connectivity index (χ3n) is 2.86. The zero-order valence-electron chi connectivity index (χ0n) is 11.0. The Kier molecular flexibility index (Phi) is 4.18. The molecule has 0 bridgehead atoms. The van der Waals surface area contributed by atoms with Crippen molar-refractivity contribution in [3.8, 4) is 5.75 Å². The molecule has 0 saturated heterocycles. The summed E-state index contributed by atoms with van der Waals surface area (Å²) >= 11 is 0. The highest BCUT2D eigenvalue weighted by Gasteiger charge is 2.31. The van der Waals surface area contributed by atoms with Gasteiger partial charge in [0.05, 0.1) is 0 Å². The minimum atomic E-state index is -4.82. The lowest BCUT2D eigenvalue weighted by atomic mass is 10.00. The first-order valence-corrected chi connectivity index (χ1v) is 6.06. The summed E-state index contributed by atoms with van der Waals surface area (Å²) in [5.74, 6) is -1.09. The summed E-state index contributed by atoms with van der Waals surface area (Å²) in [6, 6.07) is 9.07. The molecular weight excluding hydrogens is 288 g/mol. The molecular formula is C15H12F4O2. The van der Waals surface area contributed by atoms with Crippen molar-refractivity contribution in [2.75, 3.05) is 0 Å². The number of alkyl halides is 3. The molecule has 0 aliphatic rings. The maximum Gasteiger partial charge on any atom is 0.573 e. The molecule has 1 N–H and O–H groups in total. The fraction of sp³-hybridized carbons (Fsp3) is 0.200. The number of aliphatic hydroxyl groups excluding tert-OH is 1. The molecule has 0 aliphatic heterocycles. The van der Waals surface area contributed by atoms with E-state index in [-0.39, 0.29) is 11.1 Å². The van der Waals surface area contributed by atoms with Gasteiger partial charge in [-0.3, -0.25) is 0 Å². The van der Waals surface area contributed by atoms with E-state index in [9.17, 15) is 22.7 Å². The van der Waals surface area contributed by atoms with Crippen LogP contribution in [0.3, 0.4) is 0 Å². The van der Waals surface area contributed by atoms with E-state index in [0.29, 0.717) is 5.56 Å². The quantitative estimate of drug-likeness (QED) is 0.864. The predicted octanol–water partition coefficient (Wildman–Crippen LogP) is 4.11. The fourth-order valence-electron chi connectivity index (χ4n) is 1.92. The van der Waals surface area contributed by atoms with Crippen LogP contribution in [0.1, 0.15) is 22.8 Å². The molecule has 0 amide bonds. The molecule has 21 heavy (non-hydrogen) atoms. The van der Waals surface area contributed by atoms with E-state index < -0.39 is 24.0 Å². The Morgan fingerprint density at radius 1 is 1.10 bits per heavy atom. The average molecular weight is 300 g/mol. The van der Waals surface area contributed by atoms with E-state index in [2.05, 4.69) is 4.74 Å². The highest BCUT2D eigenvalue weighted by molar-refractivity contribution is 5.36. The van der Waals surface area contributed by atoms with Gasteiger partial charge in [-0.25, -0.2) is 4.39 Å². The molecule has 0 heterocycles. The van der Waals surface area contributed by atoms with E-state index in [1.807, 2.05) is 0 Å². The molecule has 1 unspecified atom stereocenters. The summed E-state index contributed by atoms with van der Waals surface area (Å²) in [5.41, 5.74) is 0.780. The maximum atomic E-state index is 13.8. The van der Waals surface area contributed by atoms with Crippen molar-refractivity contribution in [3.05, 3.63) is 65.0 Å². The lowest BCUT2D eigenvalue weighted by Crippen LogP contribution is -2.17. The molecule has 0 fully saturated rings. The fourth-order valence-corrected chi connectivity index (χ4v) is 1.92. The van der Waals surface area contributed by atoms with Crippen LogP contribution in [0.2, 0.25) is 0 Å². The second kappa shape index (κ2) is 5.73. The van der Waals surface area contributed by atoms with Gasteiger partial charge in [-0.2, -0.15) is 0 Å². The summed E-state index contributed by atoms with van der Waals surface area (Å²) in [7, 11) is 0. The highest BCUT2D eigenvalue weighted by atomic mass is 19.4. The molecule has 0 aliphatic carbocycles. The summed E-state index contributed by atoms with van der Waals surface area (Å²) in [6.45, 7) is 1.69. The molecule has 2 rings (SSSR count). The van der Waals surface area contributed by atoms with Crippen LogP contribution < -0.4 is 4.74 Å². The third kappa shape index (κ3) is 3.95. The van der Waals surface area contributed by atoms with E-state index in [1.165, 1.54) is 24.3 Å². The van der Waals surface area contributed by atoms with Gasteiger partial charge in [0.2, 0.25) is 0 Å². The van der Waals surface area contributed by atoms with Crippen LogP contribution in [0.4, 0.5) is 17.6 Å². The molecule has 2 aromatic rings. The molecule has 2 nitrogen and oxygen atoms in total. The van der Waals surface area contributed by atoms with E-state index in [4.69, 9.17) is 0 Å². The Bertz CT molecular complexity index is 638. The normalized spacial score (nSPS) is 13.0. The largest absolute Gasteiger partial charge is 0.573 e. The summed E-state index contributed by atoms with van der Waals surface area (Å²) < 4.78 is 54.0. The lowest BCUT2D eigenvalue weighted by molar-refractivity contribution is -0.274. The van der Waals surface area contributed by atoms with Crippen LogP contribution in [0, 0.1) is 12.7 Å². The maximum absolute atomic E-state index is 13.8. The molecule has 0 saturated carbocycles. The van der Waals surface area contributed by atoms with Gasteiger partial charge in [-0.05, 0) is 36.2 Å². The molecule has 1 atom stereocenters. The molecule has 112 valence electrons. The Morgan fingerprint density at radius 3 is 2.43 bits per heavy atom. The topological polar surface area (TPSA) is 29.5 Å². The number of halogens is 4. The molecule has 0 spiro atoms. The third-order valence-corrected chi connectivity index (χ3v) is 2.86. The number of benzene rings is 2. The van der Waals surface area contributed by atoms with Crippen molar-refractivity contribution >= 4 is 0 Å². The summed E-state index contributed by atoms with van der Waals surface area (Å²) in [6.07, 6.45) is -6.19. The van der Waals surface area contributed by atoms with Gasteiger partial charge in [0.1, 0.15) is 17.7 Å². The van der Waals surface area contributed by atoms with E-state index in [0.717, 1.165) is 12.1 Å². The number of rotatable bonds is 3. The molecule has 2 aromatic carbocycles. The van der Waals surface area contributed by atoms with Gasteiger partial charge in [-0.1, -0.05) is 24.3 Å². The van der Waals surface area contributed by atoms with Gasteiger partial charge >= 0.3 is 6.36 Å². The van der Waals surface area contributed by atoms with Crippen molar-refractivity contribution in [1.82, 2.24) is 0 Å². The van der Waals surface area contributed by atoms with Crippen molar-refractivity contribution in [2.45, 2.75) is 19.4 Å². The first kappa shape index (κ1) is 15.3. The van der Waals surface area contributed by atoms with Crippen LogP contribution in [0.15, 0.2) is 42.5 Å². The first-order valence-electron chi connectivity index (χ1n) is 6.06. The SMILES string of the molecule is Cc1ccc(C(O)c2cccc(OC(F)(F)F)c2)c(F)c1. The standard InChI is InChI=1S/C15H12F4O2/c1-9-5-6-12(13(16)7-9)14(20)10-3-2-4-11(8-10)21-15(17,18)19/h2-8,14,20H,1H3. The lowest BCUT2D eigenvalue weighted by Gasteiger charge is -2.15. The Hall–Kier alpha value is -2.08. The Balaban J connectivity index is 2.31. The van der Waals surface area contributed by atoms with Crippen LogP contribution in [0.25, 0.3) is 0 Å². The second-order valence-electron chi connectivity index (χ2n) is 4.55. The number of aryl methyl sites for hydroxylation is 1. The summed E-state index contributed by atoms with van der Waals surface area (Å²) in [4.78, 5) is 0. The van der Waals surface area contributed by atoms with Crippen LogP contribution in [0.5, 0.6) is 5.75 Å². The minimum Gasteiger partial charge on any atom is -0.406 e. The van der Waals surface area contributed by atoms with Crippen molar-refractivity contribution < 1.29 is 27.4 Å². The van der Waals surface area contributed by atoms with Crippen LogP contribution in [-0.2, 0) is 0 Å². The number of hydrogen-bond acceptors (Lipinski definition) is 2. The zero-order valence-corrected chi connectivity index (χ0v) is 11.0. The Labute approximate surface area is 118 Å². The van der Waals surface area contributed by atoms with Crippen molar-refractivity contribution in [3.63, 3.8) is 0 Å². The first-order chi connectivity index (χ1) is 9.76. The monoisotopic (exact) mass is 300 g/mol. The van der Waals surface area contributed by atoms with Crippen molar-refractivity contribution in [1.29, 1.82) is 0 Å². The van der Waals surface area contributed by atoms with E-state index >= 15 is 0 Å². The molecule has 0 radical (unpaired) electrons. The zero-order chi connectivity index (χ0) is 15.6. The van der Waals surface area contributed by atoms with Gasteiger partial charge in [0.15, 0.2) is 0 Å². The number of aliphatic hydroxyl groups is 1. The summed E-state index contributed by atoms with van der Waals surface area (Å²) in [5, 5.41) is 10.1. The smallest absolute Gasteiger partial charge is 0.406 e. The van der Waals surface area contributed by atoms with Crippen molar-refractivity contribution in [2.24, 2.45) is 0 Å². The average Bonchev–Trinajstić information content (AvgIpc) is 2.36. The van der Waals surface area contributed by atoms with Crippen LogP contribution >= 0.6 is 0 Å². The van der Waals surface area contributed by atoms with E-state index in [1.54, 1.807) is 13.0 Å². The molecule has 0 aromatic heterocycles. The van der Waals surface area contributed by atoms with Gasteiger partial charge in [0, 0.05) is 5.56 Å².